The normalized spacial score (nSPS) is 21.3. The number of rotatable bonds is 6. The zero-order chi connectivity index (χ0) is 17.9. The highest BCUT2D eigenvalue weighted by Gasteiger charge is 2.60. The van der Waals surface area contributed by atoms with Crippen LogP contribution in [0, 0.1) is 4.91 Å². The average Bonchev–Trinajstić information content (AvgIpc) is 2.46. The standard InChI is InChI=1S/C12H18F3N3O4S/c1-3-11(9(20)21,16-8(19)12(13,14)15)10(23-17-22)4-6-18(2)7-5-10/h3-7H2,1-2H3,(H,16,19)(H,20,21). The first-order valence-corrected chi connectivity index (χ1v) is 7.64. The number of likely N-dealkylation sites (tertiary alicyclic amines) is 1. The number of hydrogen-bond donors (Lipinski definition) is 2. The second kappa shape index (κ2) is 7.04. The number of carboxylic acid groups (broad SMARTS) is 1. The first-order valence-electron chi connectivity index (χ1n) is 6.87. The van der Waals surface area contributed by atoms with E-state index in [1.807, 2.05) is 4.90 Å². The third-order valence-corrected chi connectivity index (χ3v) is 5.45. The van der Waals surface area contributed by atoms with Crippen molar-refractivity contribution in [1.29, 1.82) is 0 Å². The molecule has 0 bridgehead atoms. The van der Waals surface area contributed by atoms with Gasteiger partial charge in [0.2, 0.25) is 0 Å². The van der Waals surface area contributed by atoms with Gasteiger partial charge in [0.25, 0.3) is 0 Å². The molecular weight excluding hydrogens is 339 g/mol. The second-order valence-corrected chi connectivity index (χ2v) is 6.59. The van der Waals surface area contributed by atoms with Crippen molar-refractivity contribution in [2.45, 2.75) is 42.6 Å². The van der Waals surface area contributed by atoms with E-state index in [4.69, 9.17) is 0 Å². The van der Waals surface area contributed by atoms with Crippen LogP contribution < -0.4 is 5.32 Å². The van der Waals surface area contributed by atoms with Crippen molar-refractivity contribution in [3.05, 3.63) is 4.91 Å². The van der Waals surface area contributed by atoms with Gasteiger partial charge in [-0.1, -0.05) is 6.92 Å². The Bertz CT molecular complexity index is 481. The van der Waals surface area contributed by atoms with Crippen LogP contribution in [0.3, 0.4) is 0 Å². The summed E-state index contributed by atoms with van der Waals surface area (Å²) in [5.74, 6) is -3.95. The molecule has 1 atom stereocenters. The Morgan fingerprint density at radius 2 is 1.87 bits per heavy atom. The fourth-order valence-electron chi connectivity index (χ4n) is 2.84. The molecule has 2 N–H and O–H groups in total. The predicted molar refractivity (Wildman–Crippen MR) is 77.7 cm³/mol. The first-order chi connectivity index (χ1) is 10.5. The zero-order valence-corrected chi connectivity index (χ0v) is 13.5. The lowest BCUT2D eigenvalue weighted by molar-refractivity contribution is -0.179. The number of nitroso groups, excluding NO2 is 1. The van der Waals surface area contributed by atoms with Gasteiger partial charge in [0, 0.05) is 16.5 Å². The molecule has 0 radical (unpaired) electrons. The summed E-state index contributed by atoms with van der Waals surface area (Å²) < 4.78 is 39.1. The van der Waals surface area contributed by atoms with Crippen LogP contribution in [0.2, 0.25) is 0 Å². The van der Waals surface area contributed by atoms with Crippen LogP contribution in [0.15, 0.2) is 4.58 Å². The van der Waals surface area contributed by atoms with Crippen molar-refractivity contribution in [3.63, 3.8) is 0 Å². The lowest BCUT2D eigenvalue weighted by Gasteiger charge is -2.49. The molecule has 0 aromatic heterocycles. The lowest BCUT2D eigenvalue weighted by atomic mass is 9.74. The minimum absolute atomic E-state index is 0.109. The maximum atomic E-state index is 12.6. The van der Waals surface area contributed by atoms with E-state index in [-0.39, 0.29) is 19.3 Å². The van der Waals surface area contributed by atoms with E-state index in [1.165, 1.54) is 6.92 Å². The maximum Gasteiger partial charge on any atom is 0.471 e. The molecule has 1 unspecified atom stereocenters. The van der Waals surface area contributed by atoms with Gasteiger partial charge in [0.15, 0.2) is 5.54 Å². The fraction of sp³-hybridized carbons (Fsp3) is 0.833. The summed E-state index contributed by atoms with van der Waals surface area (Å²) >= 11 is 0.394. The maximum absolute atomic E-state index is 12.6. The molecule has 1 rings (SSSR count). The summed E-state index contributed by atoms with van der Waals surface area (Å²) in [6.07, 6.45) is -5.31. The predicted octanol–water partition coefficient (Wildman–Crippen LogP) is 1.78. The van der Waals surface area contributed by atoms with Crippen molar-refractivity contribution in [2.24, 2.45) is 4.58 Å². The Morgan fingerprint density at radius 1 is 1.35 bits per heavy atom. The van der Waals surface area contributed by atoms with Crippen LogP contribution in [-0.2, 0) is 9.59 Å². The molecule has 0 aromatic rings. The van der Waals surface area contributed by atoms with E-state index in [2.05, 4.69) is 4.58 Å². The zero-order valence-electron chi connectivity index (χ0n) is 12.6. The number of carboxylic acids is 1. The molecule has 0 aromatic carbocycles. The smallest absolute Gasteiger partial charge is 0.471 e. The van der Waals surface area contributed by atoms with Gasteiger partial charge >= 0.3 is 18.1 Å². The highest BCUT2D eigenvalue weighted by atomic mass is 32.2. The van der Waals surface area contributed by atoms with Crippen LogP contribution in [0.5, 0.6) is 0 Å². The highest BCUT2D eigenvalue weighted by Crippen LogP contribution is 2.47. The van der Waals surface area contributed by atoms with Gasteiger partial charge in [-0.25, -0.2) is 4.79 Å². The van der Waals surface area contributed by atoms with Gasteiger partial charge in [0.1, 0.15) is 0 Å². The molecule has 23 heavy (non-hydrogen) atoms. The molecule has 0 spiro atoms. The summed E-state index contributed by atoms with van der Waals surface area (Å²) in [5, 5.41) is 11.2. The van der Waals surface area contributed by atoms with Crippen molar-refractivity contribution in [2.75, 3.05) is 20.1 Å². The number of carbonyl (C=O) groups excluding carboxylic acids is 1. The molecule has 1 heterocycles. The molecule has 0 aliphatic carbocycles. The van der Waals surface area contributed by atoms with E-state index in [9.17, 15) is 32.8 Å². The van der Waals surface area contributed by atoms with Gasteiger partial charge in [-0.05, 0) is 39.4 Å². The monoisotopic (exact) mass is 357 g/mol. The van der Waals surface area contributed by atoms with Gasteiger partial charge in [-0.2, -0.15) is 13.2 Å². The average molecular weight is 357 g/mol. The van der Waals surface area contributed by atoms with Gasteiger partial charge in [-0.3, -0.25) is 4.79 Å². The van der Waals surface area contributed by atoms with E-state index < -0.39 is 28.3 Å². The summed E-state index contributed by atoms with van der Waals surface area (Å²) in [6, 6.07) is 0. The fourth-order valence-corrected chi connectivity index (χ4v) is 3.78. The third-order valence-electron chi connectivity index (χ3n) is 4.26. The molecular formula is C12H18F3N3O4S. The Labute approximate surface area is 135 Å². The SMILES string of the molecule is CCC(NC(=O)C(F)(F)F)(C(=O)O)C1(SN=O)CCN(C)CC1. The van der Waals surface area contributed by atoms with Crippen LogP contribution in [0.4, 0.5) is 13.2 Å². The minimum atomic E-state index is -5.22. The molecule has 1 amide bonds. The van der Waals surface area contributed by atoms with E-state index in [0.717, 1.165) is 0 Å². The van der Waals surface area contributed by atoms with Gasteiger partial charge in [-0.15, -0.1) is 4.91 Å². The van der Waals surface area contributed by atoms with Crippen LogP contribution in [-0.4, -0.2) is 58.5 Å². The molecule has 1 fully saturated rings. The molecule has 132 valence electrons. The number of carbonyl (C=O) groups is 2. The molecule has 1 aliphatic rings. The van der Waals surface area contributed by atoms with Gasteiger partial charge in [0.05, 0.1) is 4.75 Å². The number of aliphatic carboxylic acids is 1. The molecule has 1 aliphatic heterocycles. The van der Waals surface area contributed by atoms with Crippen LogP contribution in [0.1, 0.15) is 26.2 Å². The van der Waals surface area contributed by atoms with Crippen LogP contribution in [0.25, 0.3) is 0 Å². The summed E-state index contributed by atoms with van der Waals surface area (Å²) in [6.45, 7) is 2.11. The molecule has 7 nitrogen and oxygen atoms in total. The van der Waals surface area contributed by atoms with Crippen molar-refractivity contribution in [1.82, 2.24) is 10.2 Å². The summed E-state index contributed by atoms with van der Waals surface area (Å²) in [4.78, 5) is 35.8. The van der Waals surface area contributed by atoms with Crippen molar-refractivity contribution in [3.8, 4) is 0 Å². The Hall–Kier alpha value is -1.36. The first kappa shape index (κ1) is 19.7. The van der Waals surface area contributed by atoms with Crippen LogP contribution >= 0.6 is 11.9 Å². The van der Waals surface area contributed by atoms with Crippen molar-refractivity contribution >= 4 is 23.8 Å². The number of hydrogen-bond acceptors (Lipinski definition) is 6. The lowest BCUT2D eigenvalue weighted by Crippen LogP contribution is -2.70. The number of alkyl halides is 3. The topological polar surface area (TPSA) is 99.1 Å². The second-order valence-electron chi connectivity index (χ2n) is 5.48. The number of nitrogens with one attached hydrogen (secondary N) is 1. The number of piperidine rings is 1. The van der Waals surface area contributed by atoms with Gasteiger partial charge < -0.3 is 15.3 Å². The third kappa shape index (κ3) is 3.77. The van der Waals surface area contributed by atoms with E-state index in [1.54, 1.807) is 12.4 Å². The number of halogens is 3. The Balaban J connectivity index is 3.33. The Kier molecular flexibility index (Phi) is 6.02. The largest absolute Gasteiger partial charge is 0.479 e. The highest BCUT2D eigenvalue weighted by molar-refractivity contribution is 7.99. The summed E-state index contributed by atoms with van der Waals surface area (Å²) in [5.41, 5.74) is -2.24. The number of amides is 1. The minimum Gasteiger partial charge on any atom is -0.479 e. The van der Waals surface area contributed by atoms with E-state index in [0.29, 0.717) is 25.0 Å². The summed E-state index contributed by atoms with van der Waals surface area (Å²) in [7, 11) is 1.77. The van der Waals surface area contributed by atoms with Crippen molar-refractivity contribution < 1.29 is 27.9 Å². The number of nitrogens with zero attached hydrogens (tertiary/aromatic N) is 2. The van der Waals surface area contributed by atoms with E-state index >= 15 is 0 Å². The molecule has 1 saturated heterocycles. The quantitative estimate of drug-likeness (QED) is 0.555. The Morgan fingerprint density at radius 3 is 2.22 bits per heavy atom. The molecule has 11 heteroatoms. The molecule has 0 saturated carbocycles.